The van der Waals surface area contributed by atoms with Crippen molar-refractivity contribution in [2.45, 2.75) is 38.0 Å². The van der Waals surface area contributed by atoms with Crippen LogP contribution in [0, 0.1) is 5.92 Å². The summed E-state index contributed by atoms with van der Waals surface area (Å²) < 4.78 is 5.62. The number of Topliss-reactive ketones (excluding diaryl/α,β-unsaturated/α-hetero) is 1. The first-order chi connectivity index (χ1) is 8.33. The van der Waals surface area contributed by atoms with E-state index in [4.69, 9.17) is 4.74 Å². The Morgan fingerprint density at radius 1 is 1.18 bits per heavy atom. The molecule has 0 saturated heterocycles. The van der Waals surface area contributed by atoms with E-state index in [1.54, 1.807) is 0 Å². The third kappa shape index (κ3) is 2.51. The van der Waals surface area contributed by atoms with Gasteiger partial charge in [0.1, 0.15) is 11.5 Å². The zero-order chi connectivity index (χ0) is 11.7. The monoisotopic (exact) mass is 230 g/mol. The first-order valence-corrected chi connectivity index (χ1v) is 6.56. The van der Waals surface area contributed by atoms with Gasteiger partial charge in [-0.1, -0.05) is 18.2 Å². The van der Waals surface area contributed by atoms with Crippen molar-refractivity contribution < 1.29 is 9.53 Å². The van der Waals surface area contributed by atoms with Crippen molar-refractivity contribution in [3.63, 3.8) is 0 Å². The molecule has 1 fully saturated rings. The van der Waals surface area contributed by atoms with Gasteiger partial charge in [-0.3, -0.25) is 4.79 Å². The van der Waals surface area contributed by atoms with Crippen molar-refractivity contribution in [1.29, 1.82) is 0 Å². The number of ketones is 1. The summed E-state index contributed by atoms with van der Waals surface area (Å²) in [5.74, 6) is 2.50. The average Bonchev–Trinajstić information content (AvgIpc) is 3.13. The van der Waals surface area contributed by atoms with Gasteiger partial charge in [0.2, 0.25) is 0 Å². The van der Waals surface area contributed by atoms with E-state index in [9.17, 15) is 4.79 Å². The highest BCUT2D eigenvalue weighted by Crippen LogP contribution is 2.38. The highest BCUT2D eigenvalue weighted by atomic mass is 16.5. The summed E-state index contributed by atoms with van der Waals surface area (Å²) in [5.41, 5.74) is 1.22. The lowest BCUT2D eigenvalue weighted by Crippen LogP contribution is -2.17. The Bertz CT molecular complexity index is 421. The second-order valence-electron chi connectivity index (χ2n) is 5.26. The molecule has 1 unspecified atom stereocenters. The number of benzene rings is 1. The average molecular weight is 230 g/mol. The minimum Gasteiger partial charge on any atom is -0.493 e. The van der Waals surface area contributed by atoms with Gasteiger partial charge in [0.05, 0.1) is 6.61 Å². The van der Waals surface area contributed by atoms with Crippen molar-refractivity contribution in [3.8, 4) is 5.75 Å². The minimum atomic E-state index is 0.381. The molecular formula is C15H18O2. The van der Waals surface area contributed by atoms with Crippen LogP contribution in [0.2, 0.25) is 0 Å². The number of hydrogen-bond donors (Lipinski definition) is 0. The lowest BCUT2D eigenvalue weighted by Gasteiger charge is -2.25. The standard InChI is InChI=1S/C15H18O2/c16-13(9-11-5-6-11)10-12-7-8-17-15-4-2-1-3-14(12)15/h1-4,11-12H,5-10H2. The van der Waals surface area contributed by atoms with Crippen LogP contribution in [0.3, 0.4) is 0 Å². The number of ether oxygens (including phenoxy) is 1. The first-order valence-electron chi connectivity index (χ1n) is 6.56. The van der Waals surface area contributed by atoms with Crippen molar-refractivity contribution in [2.75, 3.05) is 6.61 Å². The van der Waals surface area contributed by atoms with Gasteiger partial charge in [-0.25, -0.2) is 0 Å². The van der Waals surface area contributed by atoms with Crippen LogP contribution in [-0.4, -0.2) is 12.4 Å². The van der Waals surface area contributed by atoms with E-state index in [2.05, 4.69) is 6.07 Å². The Balaban J connectivity index is 1.69. The topological polar surface area (TPSA) is 26.3 Å². The largest absolute Gasteiger partial charge is 0.493 e. The van der Waals surface area contributed by atoms with Gasteiger partial charge in [0.25, 0.3) is 0 Å². The Kier molecular flexibility index (Phi) is 2.87. The summed E-state index contributed by atoms with van der Waals surface area (Å²) in [5, 5.41) is 0. The van der Waals surface area contributed by atoms with Crippen LogP contribution in [-0.2, 0) is 4.79 Å². The summed E-state index contributed by atoms with van der Waals surface area (Å²) in [6, 6.07) is 8.13. The number of carbonyl (C=O) groups excluding carboxylic acids is 1. The molecule has 0 radical (unpaired) electrons. The van der Waals surface area contributed by atoms with Crippen LogP contribution in [0.25, 0.3) is 0 Å². The van der Waals surface area contributed by atoms with E-state index in [1.807, 2.05) is 18.2 Å². The second-order valence-corrected chi connectivity index (χ2v) is 5.26. The molecule has 90 valence electrons. The van der Waals surface area contributed by atoms with Crippen LogP contribution in [0.15, 0.2) is 24.3 Å². The van der Waals surface area contributed by atoms with Crippen molar-refractivity contribution >= 4 is 5.78 Å². The molecule has 1 aliphatic carbocycles. The van der Waals surface area contributed by atoms with Gasteiger partial charge in [-0.05, 0) is 42.7 Å². The van der Waals surface area contributed by atoms with Gasteiger partial charge in [-0.15, -0.1) is 0 Å². The van der Waals surface area contributed by atoms with Gasteiger partial charge in [0, 0.05) is 12.8 Å². The molecule has 1 aliphatic heterocycles. The van der Waals surface area contributed by atoms with E-state index in [1.165, 1.54) is 18.4 Å². The lowest BCUT2D eigenvalue weighted by molar-refractivity contribution is -0.119. The quantitative estimate of drug-likeness (QED) is 0.793. The molecule has 2 aliphatic rings. The van der Waals surface area contributed by atoms with E-state index in [0.29, 0.717) is 24.0 Å². The van der Waals surface area contributed by atoms with Gasteiger partial charge >= 0.3 is 0 Å². The Labute approximate surface area is 102 Å². The molecule has 3 rings (SSSR count). The molecule has 2 heteroatoms. The third-order valence-electron chi connectivity index (χ3n) is 3.77. The number of fused-ring (bicyclic) bond motifs is 1. The van der Waals surface area contributed by atoms with E-state index in [0.717, 1.165) is 25.2 Å². The predicted octanol–water partition coefficient (Wildman–Crippen LogP) is 3.31. The molecule has 0 spiro atoms. The molecule has 17 heavy (non-hydrogen) atoms. The molecule has 0 aromatic heterocycles. The predicted molar refractivity (Wildman–Crippen MR) is 66.3 cm³/mol. The normalized spacial score (nSPS) is 22.7. The fourth-order valence-corrected chi connectivity index (χ4v) is 2.63. The summed E-state index contributed by atoms with van der Waals surface area (Å²) in [7, 11) is 0. The van der Waals surface area contributed by atoms with Crippen LogP contribution < -0.4 is 4.74 Å². The molecule has 0 bridgehead atoms. The molecule has 0 amide bonds. The van der Waals surface area contributed by atoms with Crippen LogP contribution >= 0.6 is 0 Å². The Hall–Kier alpha value is -1.31. The molecule has 1 aromatic carbocycles. The fraction of sp³-hybridized carbons (Fsp3) is 0.533. The summed E-state index contributed by atoms with van der Waals surface area (Å²) in [6.07, 6.45) is 5.01. The number of carbonyl (C=O) groups is 1. The highest BCUT2D eigenvalue weighted by Gasteiger charge is 2.28. The number of para-hydroxylation sites is 1. The van der Waals surface area contributed by atoms with Crippen LogP contribution in [0.4, 0.5) is 0 Å². The van der Waals surface area contributed by atoms with Crippen molar-refractivity contribution in [1.82, 2.24) is 0 Å². The number of hydrogen-bond acceptors (Lipinski definition) is 2. The van der Waals surface area contributed by atoms with E-state index in [-0.39, 0.29) is 0 Å². The number of rotatable bonds is 4. The zero-order valence-electron chi connectivity index (χ0n) is 10.0. The molecule has 2 nitrogen and oxygen atoms in total. The summed E-state index contributed by atoms with van der Waals surface area (Å²) in [6.45, 7) is 0.748. The SMILES string of the molecule is O=C(CC1CC1)CC1CCOc2ccccc21. The molecule has 1 heterocycles. The zero-order valence-corrected chi connectivity index (χ0v) is 10.0. The van der Waals surface area contributed by atoms with Gasteiger partial charge in [0.15, 0.2) is 0 Å². The molecule has 1 atom stereocenters. The maximum atomic E-state index is 11.9. The van der Waals surface area contributed by atoms with Gasteiger partial charge in [-0.2, -0.15) is 0 Å². The smallest absolute Gasteiger partial charge is 0.133 e. The highest BCUT2D eigenvalue weighted by molar-refractivity contribution is 5.80. The van der Waals surface area contributed by atoms with Gasteiger partial charge < -0.3 is 4.74 Å². The summed E-state index contributed by atoms with van der Waals surface area (Å²) >= 11 is 0. The lowest BCUT2D eigenvalue weighted by atomic mass is 9.88. The fourth-order valence-electron chi connectivity index (χ4n) is 2.63. The Morgan fingerprint density at radius 2 is 2.00 bits per heavy atom. The Morgan fingerprint density at radius 3 is 2.82 bits per heavy atom. The molecule has 1 aromatic rings. The maximum Gasteiger partial charge on any atom is 0.133 e. The molecule has 1 saturated carbocycles. The molecular weight excluding hydrogens is 212 g/mol. The van der Waals surface area contributed by atoms with Crippen molar-refractivity contribution in [2.24, 2.45) is 5.92 Å². The van der Waals surface area contributed by atoms with Crippen LogP contribution in [0.5, 0.6) is 5.75 Å². The van der Waals surface area contributed by atoms with Crippen LogP contribution in [0.1, 0.15) is 43.6 Å². The summed E-state index contributed by atoms with van der Waals surface area (Å²) in [4.78, 5) is 11.9. The van der Waals surface area contributed by atoms with Crippen molar-refractivity contribution in [3.05, 3.63) is 29.8 Å². The second kappa shape index (κ2) is 4.52. The maximum absolute atomic E-state index is 11.9. The van der Waals surface area contributed by atoms with E-state index >= 15 is 0 Å². The first kappa shape index (κ1) is 10.8. The minimum absolute atomic E-state index is 0.381. The molecule has 0 N–H and O–H groups in total. The third-order valence-corrected chi connectivity index (χ3v) is 3.77. The van der Waals surface area contributed by atoms with E-state index < -0.39 is 0 Å².